The second kappa shape index (κ2) is 8.58. The third-order valence-electron chi connectivity index (χ3n) is 3.54. The van der Waals surface area contributed by atoms with Crippen LogP contribution in [-0.2, 0) is 9.53 Å². The van der Waals surface area contributed by atoms with Gasteiger partial charge in [-0.3, -0.25) is 4.79 Å². The molecule has 22 heavy (non-hydrogen) atoms. The van der Waals surface area contributed by atoms with Crippen LogP contribution in [0.3, 0.4) is 0 Å². The zero-order valence-electron chi connectivity index (χ0n) is 12.5. The Hall–Kier alpha value is -1.01. The van der Waals surface area contributed by atoms with Gasteiger partial charge in [0, 0.05) is 5.02 Å². The summed E-state index contributed by atoms with van der Waals surface area (Å²) in [5, 5.41) is 3.81. The Morgan fingerprint density at radius 2 is 2.14 bits per heavy atom. The van der Waals surface area contributed by atoms with E-state index in [4.69, 9.17) is 32.7 Å². The summed E-state index contributed by atoms with van der Waals surface area (Å²) in [4.78, 5) is 13.5. The van der Waals surface area contributed by atoms with Crippen molar-refractivity contribution in [3.63, 3.8) is 0 Å². The number of hydrogen-bond acceptors (Lipinski definition) is 3. The van der Waals surface area contributed by atoms with Crippen molar-refractivity contribution in [2.45, 2.75) is 13.0 Å². The smallest absolute Gasteiger partial charge is 0.260 e. The number of ether oxygens (including phenoxy) is 2. The molecule has 5 nitrogen and oxygen atoms in total. The van der Waals surface area contributed by atoms with Crippen LogP contribution in [-0.4, -0.2) is 51.4 Å². The van der Waals surface area contributed by atoms with Crippen LogP contribution < -0.4 is 15.0 Å². The van der Waals surface area contributed by atoms with Gasteiger partial charge in [-0.2, -0.15) is 0 Å². The fourth-order valence-corrected chi connectivity index (χ4v) is 2.68. The number of rotatable bonds is 6. The lowest BCUT2D eigenvalue weighted by Gasteiger charge is -2.24. The van der Waals surface area contributed by atoms with Gasteiger partial charge in [-0.15, -0.1) is 0 Å². The molecule has 7 heteroatoms. The number of carbonyl (C=O) groups is 1. The van der Waals surface area contributed by atoms with Crippen LogP contribution in [0.4, 0.5) is 0 Å². The van der Waals surface area contributed by atoms with Crippen molar-refractivity contribution >= 4 is 29.1 Å². The van der Waals surface area contributed by atoms with Crippen molar-refractivity contribution < 1.29 is 19.2 Å². The van der Waals surface area contributed by atoms with E-state index < -0.39 is 6.10 Å². The Morgan fingerprint density at radius 1 is 1.41 bits per heavy atom. The van der Waals surface area contributed by atoms with E-state index in [9.17, 15) is 4.79 Å². The first-order valence-corrected chi connectivity index (χ1v) is 8.12. The van der Waals surface area contributed by atoms with Crippen molar-refractivity contribution in [2.24, 2.45) is 0 Å². The molecule has 0 saturated carbocycles. The predicted octanol–water partition coefficient (Wildman–Crippen LogP) is 0.792. The molecule has 1 fully saturated rings. The summed E-state index contributed by atoms with van der Waals surface area (Å²) < 4.78 is 10.9. The van der Waals surface area contributed by atoms with Gasteiger partial charge in [0.25, 0.3) is 5.91 Å². The molecule has 1 amide bonds. The standard InChI is InChI=1S/C15H20Cl2N2O3/c1-11(22-14-3-2-12(16)10-13(14)17)15(20)18-4-5-19-6-8-21-9-7-19/h2-3,10-11H,4-9H2,1H3,(H,18,20)/p+1/t11-/m1/s1. The lowest BCUT2D eigenvalue weighted by Crippen LogP contribution is -3.14. The largest absolute Gasteiger partial charge is 0.479 e. The summed E-state index contributed by atoms with van der Waals surface area (Å²) in [6.07, 6.45) is -0.613. The molecule has 0 bridgehead atoms. The van der Waals surface area contributed by atoms with Gasteiger partial charge in [-0.25, -0.2) is 0 Å². The van der Waals surface area contributed by atoms with Gasteiger partial charge in [0.05, 0.1) is 31.3 Å². The van der Waals surface area contributed by atoms with E-state index in [1.165, 1.54) is 4.90 Å². The predicted molar refractivity (Wildman–Crippen MR) is 85.9 cm³/mol. The number of halogens is 2. The van der Waals surface area contributed by atoms with Gasteiger partial charge >= 0.3 is 0 Å². The van der Waals surface area contributed by atoms with Crippen LogP contribution in [0.5, 0.6) is 5.75 Å². The van der Waals surface area contributed by atoms with E-state index in [0.29, 0.717) is 22.3 Å². The van der Waals surface area contributed by atoms with Gasteiger partial charge < -0.3 is 19.7 Å². The highest BCUT2D eigenvalue weighted by Crippen LogP contribution is 2.28. The quantitative estimate of drug-likeness (QED) is 0.799. The van der Waals surface area contributed by atoms with E-state index in [1.54, 1.807) is 25.1 Å². The van der Waals surface area contributed by atoms with Crippen molar-refractivity contribution in [1.82, 2.24) is 5.32 Å². The lowest BCUT2D eigenvalue weighted by atomic mass is 10.3. The van der Waals surface area contributed by atoms with Crippen molar-refractivity contribution in [2.75, 3.05) is 39.4 Å². The summed E-state index contributed by atoms with van der Waals surface area (Å²) in [7, 11) is 0. The molecule has 0 radical (unpaired) electrons. The van der Waals surface area contributed by atoms with Crippen LogP contribution >= 0.6 is 23.2 Å². The summed E-state index contributed by atoms with van der Waals surface area (Å²) in [6, 6.07) is 4.92. The number of nitrogens with one attached hydrogen (secondary N) is 2. The third kappa shape index (κ3) is 5.32. The summed E-state index contributed by atoms with van der Waals surface area (Å²) in [5.74, 6) is 0.297. The molecule has 1 saturated heterocycles. The number of hydrogen-bond donors (Lipinski definition) is 2. The van der Waals surface area contributed by atoms with E-state index in [0.717, 1.165) is 32.8 Å². The monoisotopic (exact) mass is 347 g/mol. The highest BCUT2D eigenvalue weighted by Gasteiger charge is 2.18. The Morgan fingerprint density at radius 3 is 2.82 bits per heavy atom. The molecule has 1 heterocycles. The Bertz CT molecular complexity index is 508. The fraction of sp³-hybridized carbons (Fsp3) is 0.533. The summed E-state index contributed by atoms with van der Waals surface area (Å²) in [6.45, 7) is 6.77. The van der Waals surface area contributed by atoms with Crippen LogP contribution in [0, 0.1) is 0 Å². The van der Waals surface area contributed by atoms with Gasteiger partial charge in [0.1, 0.15) is 18.8 Å². The molecular weight excluding hydrogens is 327 g/mol. The minimum Gasteiger partial charge on any atom is -0.479 e. The van der Waals surface area contributed by atoms with E-state index in [-0.39, 0.29) is 5.91 Å². The average Bonchev–Trinajstić information content (AvgIpc) is 2.51. The number of quaternary nitrogens is 1. The molecular formula is C15H21Cl2N2O3+. The van der Waals surface area contributed by atoms with Gasteiger partial charge in [0.15, 0.2) is 6.10 Å². The first kappa shape index (κ1) is 17.3. The number of benzene rings is 1. The van der Waals surface area contributed by atoms with Gasteiger partial charge in [0.2, 0.25) is 0 Å². The summed E-state index contributed by atoms with van der Waals surface area (Å²) in [5.41, 5.74) is 0. The van der Waals surface area contributed by atoms with E-state index >= 15 is 0 Å². The Balaban J connectivity index is 1.74. The lowest BCUT2D eigenvalue weighted by molar-refractivity contribution is -0.906. The van der Waals surface area contributed by atoms with Crippen LogP contribution in [0.15, 0.2) is 18.2 Å². The van der Waals surface area contributed by atoms with Crippen LogP contribution in [0.25, 0.3) is 0 Å². The molecule has 0 aromatic heterocycles. The first-order chi connectivity index (χ1) is 10.6. The highest BCUT2D eigenvalue weighted by molar-refractivity contribution is 6.35. The second-order valence-corrected chi connectivity index (χ2v) is 6.08. The Labute approximate surface area is 140 Å². The second-order valence-electron chi connectivity index (χ2n) is 5.24. The zero-order chi connectivity index (χ0) is 15.9. The van der Waals surface area contributed by atoms with E-state index in [1.807, 2.05) is 0 Å². The molecule has 2 N–H and O–H groups in total. The third-order valence-corrected chi connectivity index (χ3v) is 4.08. The average molecular weight is 348 g/mol. The fourth-order valence-electron chi connectivity index (χ4n) is 2.23. The highest BCUT2D eigenvalue weighted by atomic mass is 35.5. The summed E-state index contributed by atoms with van der Waals surface area (Å²) >= 11 is 11.9. The number of amides is 1. The molecule has 0 aliphatic carbocycles. The normalized spacial score (nSPS) is 17.0. The topological polar surface area (TPSA) is 52.0 Å². The zero-order valence-corrected chi connectivity index (χ0v) is 14.0. The molecule has 0 spiro atoms. The maximum absolute atomic E-state index is 12.0. The molecule has 2 rings (SSSR count). The molecule has 0 unspecified atom stereocenters. The first-order valence-electron chi connectivity index (χ1n) is 7.37. The SMILES string of the molecule is C[C@@H](Oc1ccc(Cl)cc1Cl)C(=O)NCC[NH+]1CCOCC1. The molecule has 1 aliphatic heterocycles. The van der Waals surface area contributed by atoms with Gasteiger partial charge in [-0.1, -0.05) is 23.2 Å². The van der Waals surface area contributed by atoms with Crippen LogP contribution in [0.2, 0.25) is 10.0 Å². The molecule has 1 aromatic rings. The van der Waals surface area contributed by atoms with Crippen molar-refractivity contribution in [1.29, 1.82) is 0 Å². The minimum absolute atomic E-state index is 0.154. The molecule has 1 aromatic carbocycles. The minimum atomic E-state index is -0.613. The molecule has 122 valence electrons. The van der Waals surface area contributed by atoms with Crippen LogP contribution in [0.1, 0.15) is 6.92 Å². The van der Waals surface area contributed by atoms with E-state index in [2.05, 4.69) is 5.32 Å². The number of morpholine rings is 1. The van der Waals surface area contributed by atoms with Crippen molar-refractivity contribution in [3.05, 3.63) is 28.2 Å². The maximum Gasteiger partial charge on any atom is 0.260 e. The molecule has 1 atom stereocenters. The van der Waals surface area contributed by atoms with Crippen molar-refractivity contribution in [3.8, 4) is 5.75 Å². The maximum atomic E-state index is 12.0. The number of carbonyl (C=O) groups excluding carboxylic acids is 1. The van der Waals surface area contributed by atoms with Gasteiger partial charge in [-0.05, 0) is 25.1 Å². The molecule has 1 aliphatic rings. The Kier molecular flexibility index (Phi) is 6.76.